The summed E-state index contributed by atoms with van der Waals surface area (Å²) < 4.78 is 0. The van der Waals surface area contributed by atoms with Gasteiger partial charge in [-0.1, -0.05) is 27.7 Å². The number of rotatable bonds is 2. The molecular weight excluding hydrogens is 206 g/mol. The highest BCUT2D eigenvalue weighted by atomic mass is 15.0. The van der Waals surface area contributed by atoms with Crippen LogP contribution in [0.15, 0.2) is 0 Å². The molecule has 0 bridgehead atoms. The Hall–Kier alpha value is -0.0400. The SMILES string of the molecule is CC1(C)CC(NC2CC[C@H]3C[C@@H]23)CC(C)(C)C1. The van der Waals surface area contributed by atoms with Crippen LogP contribution < -0.4 is 5.32 Å². The first-order valence-corrected chi connectivity index (χ1v) is 7.61. The number of nitrogens with one attached hydrogen (secondary N) is 1. The van der Waals surface area contributed by atoms with Crippen molar-refractivity contribution in [3.05, 3.63) is 0 Å². The number of fused-ring (bicyclic) bond motifs is 1. The Labute approximate surface area is 107 Å². The van der Waals surface area contributed by atoms with Gasteiger partial charge in [0, 0.05) is 12.1 Å². The van der Waals surface area contributed by atoms with Crippen LogP contribution in [0.25, 0.3) is 0 Å². The summed E-state index contributed by atoms with van der Waals surface area (Å²) in [7, 11) is 0. The highest BCUT2D eigenvalue weighted by Crippen LogP contribution is 2.53. The van der Waals surface area contributed by atoms with Crippen molar-refractivity contribution in [3.8, 4) is 0 Å². The molecule has 1 N–H and O–H groups in total. The lowest BCUT2D eigenvalue weighted by Crippen LogP contribution is -2.47. The Morgan fingerprint density at radius 1 is 0.941 bits per heavy atom. The van der Waals surface area contributed by atoms with Gasteiger partial charge in [0.25, 0.3) is 0 Å². The van der Waals surface area contributed by atoms with Crippen LogP contribution in [-0.2, 0) is 0 Å². The maximum absolute atomic E-state index is 4.02. The molecule has 0 heterocycles. The molecule has 0 aliphatic heterocycles. The largest absolute Gasteiger partial charge is 0.311 e. The van der Waals surface area contributed by atoms with E-state index in [0.29, 0.717) is 10.8 Å². The molecule has 0 radical (unpaired) electrons. The lowest BCUT2D eigenvalue weighted by atomic mass is 9.63. The number of hydrogen-bond acceptors (Lipinski definition) is 1. The molecule has 0 amide bonds. The first-order chi connectivity index (χ1) is 7.85. The van der Waals surface area contributed by atoms with Gasteiger partial charge in [-0.25, -0.2) is 0 Å². The zero-order chi connectivity index (χ0) is 12.3. The predicted molar refractivity (Wildman–Crippen MR) is 73.0 cm³/mol. The minimum Gasteiger partial charge on any atom is -0.311 e. The molecule has 3 aliphatic rings. The maximum atomic E-state index is 4.02. The van der Waals surface area contributed by atoms with Crippen LogP contribution in [0.4, 0.5) is 0 Å². The third kappa shape index (κ3) is 2.54. The van der Waals surface area contributed by atoms with Crippen molar-refractivity contribution in [2.24, 2.45) is 22.7 Å². The second kappa shape index (κ2) is 3.73. The van der Waals surface area contributed by atoms with E-state index in [4.69, 9.17) is 0 Å². The Balaban J connectivity index is 1.62. The highest BCUT2D eigenvalue weighted by molar-refractivity contribution is 5.03. The second-order valence-electron chi connectivity index (χ2n) is 8.62. The van der Waals surface area contributed by atoms with Crippen molar-refractivity contribution in [1.29, 1.82) is 0 Å². The summed E-state index contributed by atoms with van der Waals surface area (Å²) in [4.78, 5) is 0. The molecule has 3 rings (SSSR count). The molecule has 0 saturated heterocycles. The van der Waals surface area contributed by atoms with E-state index in [1.807, 2.05) is 0 Å². The molecule has 0 aromatic heterocycles. The number of hydrogen-bond donors (Lipinski definition) is 1. The summed E-state index contributed by atoms with van der Waals surface area (Å²) >= 11 is 0. The summed E-state index contributed by atoms with van der Waals surface area (Å²) in [5.74, 6) is 2.17. The molecule has 3 fully saturated rings. The Bertz CT molecular complexity index is 289. The van der Waals surface area contributed by atoms with E-state index < -0.39 is 0 Å². The van der Waals surface area contributed by atoms with E-state index in [9.17, 15) is 0 Å². The summed E-state index contributed by atoms with van der Waals surface area (Å²) in [5, 5.41) is 4.02. The van der Waals surface area contributed by atoms with Gasteiger partial charge >= 0.3 is 0 Å². The lowest BCUT2D eigenvalue weighted by molar-refractivity contribution is 0.0793. The first-order valence-electron chi connectivity index (χ1n) is 7.61. The lowest BCUT2D eigenvalue weighted by Gasteiger charge is -2.46. The van der Waals surface area contributed by atoms with Crippen LogP contribution in [-0.4, -0.2) is 12.1 Å². The monoisotopic (exact) mass is 235 g/mol. The Morgan fingerprint density at radius 2 is 1.59 bits per heavy atom. The summed E-state index contributed by atoms with van der Waals surface area (Å²) in [5.41, 5.74) is 1.06. The van der Waals surface area contributed by atoms with Gasteiger partial charge in [0.05, 0.1) is 0 Å². The van der Waals surface area contributed by atoms with Crippen LogP contribution in [0.2, 0.25) is 0 Å². The van der Waals surface area contributed by atoms with Crippen molar-refractivity contribution in [2.75, 3.05) is 0 Å². The van der Waals surface area contributed by atoms with Gasteiger partial charge in [0.2, 0.25) is 0 Å². The predicted octanol–water partition coefficient (Wildman–Crippen LogP) is 3.98. The third-order valence-corrected chi connectivity index (χ3v) is 5.35. The maximum Gasteiger partial charge on any atom is 0.0101 e. The Morgan fingerprint density at radius 3 is 2.06 bits per heavy atom. The highest BCUT2D eigenvalue weighted by Gasteiger charge is 2.49. The van der Waals surface area contributed by atoms with Crippen LogP contribution >= 0.6 is 0 Å². The quantitative estimate of drug-likeness (QED) is 0.763. The van der Waals surface area contributed by atoms with Crippen molar-refractivity contribution >= 4 is 0 Å². The van der Waals surface area contributed by atoms with E-state index in [1.165, 1.54) is 38.5 Å². The van der Waals surface area contributed by atoms with Crippen LogP contribution in [0, 0.1) is 22.7 Å². The first kappa shape index (κ1) is 12.0. The van der Waals surface area contributed by atoms with Crippen LogP contribution in [0.3, 0.4) is 0 Å². The molecule has 1 heteroatoms. The van der Waals surface area contributed by atoms with E-state index in [1.54, 1.807) is 0 Å². The van der Waals surface area contributed by atoms with Crippen molar-refractivity contribution in [3.63, 3.8) is 0 Å². The summed E-state index contributed by atoms with van der Waals surface area (Å²) in [6, 6.07) is 1.65. The van der Waals surface area contributed by atoms with E-state index in [0.717, 1.165) is 23.9 Å². The van der Waals surface area contributed by atoms with Gasteiger partial charge in [-0.05, 0) is 61.2 Å². The van der Waals surface area contributed by atoms with E-state index in [-0.39, 0.29) is 0 Å². The van der Waals surface area contributed by atoms with Gasteiger partial charge in [-0.2, -0.15) is 0 Å². The molecule has 0 aromatic rings. The van der Waals surface area contributed by atoms with Crippen LogP contribution in [0.5, 0.6) is 0 Å². The smallest absolute Gasteiger partial charge is 0.0101 e. The molecule has 0 spiro atoms. The summed E-state index contributed by atoms with van der Waals surface area (Å²) in [6.45, 7) is 9.82. The van der Waals surface area contributed by atoms with Gasteiger partial charge in [0.1, 0.15) is 0 Å². The fourth-order valence-corrected chi connectivity index (χ4v) is 5.18. The Kier molecular flexibility index (Phi) is 2.63. The standard InChI is InChI=1S/C16H29N/c1-15(2)8-12(9-16(3,4)10-15)17-14-6-5-11-7-13(11)14/h11-14,17H,5-10H2,1-4H3/t11-,13+,14?/m0/s1. The summed E-state index contributed by atoms with van der Waals surface area (Å²) in [6.07, 6.45) is 8.62. The molecular formula is C16H29N. The molecule has 1 unspecified atom stereocenters. The average molecular weight is 235 g/mol. The van der Waals surface area contributed by atoms with Gasteiger partial charge < -0.3 is 5.32 Å². The van der Waals surface area contributed by atoms with Gasteiger partial charge in [-0.3, -0.25) is 0 Å². The molecule has 0 aromatic carbocycles. The van der Waals surface area contributed by atoms with Crippen molar-refractivity contribution < 1.29 is 0 Å². The van der Waals surface area contributed by atoms with Gasteiger partial charge in [-0.15, -0.1) is 0 Å². The van der Waals surface area contributed by atoms with Crippen molar-refractivity contribution in [1.82, 2.24) is 5.32 Å². The van der Waals surface area contributed by atoms with Crippen LogP contribution in [0.1, 0.15) is 66.2 Å². The normalized spacial score (nSPS) is 43.4. The fourth-order valence-electron chi connectivity index (χ4n) is 5.18. The third-order valence-electron chi connectivity index (χ3n) is 5.35. The van der Waals surface area contributed by atoms with E-state index >= 15 is 0 Å². The molecule has 17 heavy (non-hydrogen) atoms. The second-order valence-corrected chi connectivity index (χ2v) is 8.62. The van der Waals surface area contributed by atoms with Gasteiger partial charge in [0.15, 0.2) is 0 Å². The zero-order valence-corrected chi connectivity index (χ0v) is 12.1. The molecule has 98 valence electrons. The molecule has 1 nitrogen and oxygen atoms in total. The van der Waals surface area contributed by atoms with E-state index in [2.05, 4.69) is 33.0 Å². The molecule has 3 saturated carbocycles. The zero-order valence-electron chi connectivity index (χ0n) is 12.1. The average Bonchev–Trinajstić information content (AvgIpc) is 2.78. The molecule has 3 aliphatic carbocycles. The minimum absolute atomic E-state index is 0.529. The fraction of sp³-hybridized carbons (Fsp3) is 1.00. The topological polar surface area (TPSA) is 12.0 Å². The minimum atomic E-state index is 0.529. The van der Waals surface area contributed by atoms with Crippen molar-refractivity contribution in [2.45, 2.75) is 78.3 Å². The molecule has 3 atom stereocenters.